The highest BCUT2D eigenvalue weighted by Gasteiger charge is 2.27. The molecule has 2 heterocycles. The maximum atomic E-state index is 13.4. The molecule has 1 aromatic carbocycles. The van der Waals surface area contributed by atoms with Gasteiger partial charge in [0.15, 0.2) is 11.5 Å². The van der Waals surface area contributed by atoms with Crippen LogP contribution in [-0.2, 0) is 16.0 Å². The minimum absolute atomic E-state index is 0.101. The normalized spacial score (nSPS) is 14.1. The lowest BCUT2D eigenvalue weighted by atomic mass is 10.0. The number of fused-ring (bicyclic) bond motifs is 1. The van der Waals surface area contributed by atoms with Gasteiger partial charge in [-0.15, -0.1) is 0 Å². The van der Waals surface area contributed by atoms with Crippen LogP contribution in [0.15, 0.2) is 35.3 Å². The Labute approximate surface area is 187 Å². The molecule has 8 nitrogen and oxygen atoms in total. The van der Waals surface area contributed by atoms with Gasteiger partial charge in [0.1, 0.15) is 6.04 Å². The summed E-state index contributed by atoms with van der Waals surface area (Å²) in [5.41, 5.74) is 1.96. The molecular formula is C24H30N2O6. The van der Waals surface area contributed by atoms with Gasteiger partial charge in [-0.25, -0.2) is 0 Å². The van der Waals surface area contributed by atoms with E-state index >= 15 is 0 Å². The lowest BCUT2D eigenvalue weighted by Gasteiger charge is -2.24. The van der Waals surface area contributed by atoms with Crippen LogP contribution in [0, 0.1) is 6.92 Å². The third kappa shape index (κ3) is 5.30. The predicted octanol–water partition coefficient (Wildman–Crippen LogP) is 3.51. The van der Waals surface area contributed by atoms with E-state index < -0.39 is 18.1 Å². The zero-order valence-electron chi connectivity index (χ0n) is 18.7. The van der Waals surface area contributed by atoms with Gasteiger partial charge in [-0.1, -0.05) is 32.8 Å². The molecule has 0 saturated heterocycles. The second kappa shape index (κ2) is 10.3. The lowest BCUT2D eigenvalue weighted by Crippen LogP contribution is -2.40. The summed E-state index contributed by atoms with van der Waals surface area (Å²) in [5.74, 6) is -0.332. The minimum atomic E-state index is -1.04. The van der Waals surface area contributed by atoms with Gasteiger partial charge in [0.25, 0.3) is 5.56 Å². The number of benzene rings is 1. The fourth-order valence-corrected chi connectivity index (χ4v) is 3.92. The van der Waals surface area contributed by atoms with Crippen molar-refractivity contribution in [1.82, 2.24) is 9.88 Å². The number of carboxylic acid groups (broad SMARTS) is 1. The SMILES string of the molecule is CCCCC(C(=O)NC(CC(=O)O)c1ccc2c(c1)OCO2)n1cc(C)cc(CC)c1=O. The maximum absolute atomic E-state index is 13.4. The number of amides is 1. The van der Waals surface area contributed by atoms with Crippen LogP contribution in [-0.4, -0.2) is 28.3 Å². The summed E-state index contributed by atoms with van der Waals surface area (Å²) in [4.78, 5) is 37.9. The third-order valence-corrected chi connectivity index (χ3v) is 5.60. The number of carbonyl (C=O) groups excluding carboxylic acids is 1. The van der Waals surface area contributed by atoms with Crippen molar-refractivity contribution >= 4 is 11.9 Å². The van der Waals surface area contributed by atoms with Crippen molar-refractivity contribution in [2.75, 3.05) is 6.79 Å². The second-order valence-corrected chi connectivity index (χ2v) is 8.04. The zero-order chi connectivity index (χ0) is 23.3. The fraction of sp³-hybridized carbons (Fsp3) is 0.458. The summed E-state index contributed by atoms with van der Waals surface area (Å²) in [5, 5.41) is 12.3. The van der Waals surface area contributed by atoms with E-state index in [9.17, 15) is 19.5 Å². The van der Waals surface area contributed by atoms with Crippen LogP contribution in [0.5, 0.6) is 11.5 Å². The molecule has 1 amide bonds. The molecule has 0 radical (unpaired) electrons. The number of aromatic nitrogens is 1. The highest BCUT2D eigenvalue weighted by atomic mass is 16.7. The molecule has 2 atom stereocenters. The van der Waals surface area contributed by atoms with E-state index in [0.29, 0.717) is 35.5 Å². The summed E-state index contributed by atoms with van der Waals surface area (Å²) in [6.45, 7) is 5.92. The molecule has 0 aliphatic carbocycles. The zero-order valence-corrected chi connectivity index (χ0v) is 18.7. The number of pyridine rings is 1. The van der Waals surface area contributed by atoms with E-state index in [0.717, 1.165) is 18.4 Å². The summed E-state index contributed by atoms with van der Waals surface area (Å²) in [6, 6.07) is 5.45. The first-order chi connectivity index (χ1) is 15.3. The van der Waals surface area contributed by atoms with Crippen molar-refractivity contribution in [2.45, 2.75) is 65.0 Å². The smallest absolute Gasteiger partial charge is 0.305 e. The Kier molecular flexibility index (Phi) is 7.56. The Hall–Kier alpha value is -3.29. The minimum Gasteiger partial charge on any atom is -0.481 e. The lowest BCUT2D eigenvalue weighted by molar-refractivity contribution is -0.138. The average molecular weight is 443 g/mol. The van der Waals surface area contributed by atoms with Crippen LogP contribution in [0.25, 0.3) is 0 Å². The molecule has 0 spiro atoms. The average Bonchev–Trinajstić information content (AvgIpc) is 3.23. The number of carbonyl (C=O) groups is 2. The molecule has 3 rings (SSSR count). The molecule has 2 unspecified atom stereocenters. The number of aliphatic carboxylic acids is 1. The van der Waals surface area contributed by atoms with Crippen molar-refractivity contribution in [3.8, 4) is 11.5 Å². The van der Waals surface area contributed by atoms with Gasteiger partial charge < -0.3 is 24.5 Å². The van der Waals surface area contributed by atoms with E-state index in [4.69, 9.17) is 9.47 Å². The van der Waals surface area contributed by atoms with Crippen molar-refractivity contribution in [2.24, 2.45) is 0 Å². The Morgan fingerprint density at radius 1 is 1.19 bits per heavy atom. The quantitative estimate of drug-likeness (QED) is 0.583. The third-order valence-electron chi connectivity index (χ3n) is 5.60. The number of nitrogens with zero attached hydrogens (tertiary/aromatic N) is 1. The molecule has 2 N–H and O–H groups in total. The summed E-state index contributed by atoms with van der Waals surface area (Å²) < 4.78 is 12.2. The predicted molar refractivity (Wildman–Crippen MR) is 119 cm³/mol. The van der Waals surface area contributed by atoms with Crippen molar-refractivity contribution in [3.63, 3.8) is 0 Å². The van der Waals surface area contributed by atoms with Gasteiger partial charge in [-0.2, -0.15) is 0 Å². The van der Waals surface area contributed by atoms with Gasteiger partial charge in [0.05, 0.1) is 12.5 Å². The molecule has 1 aromatic heterocycles. The standard InChI is InChI=1S/C24H30N2O6/c1-4-6-7-19(26-13-15(3)10-16(5-2)24(26)30)23(29)25-18(12-22(27)28)17-8-9-20-21(11-17)32-14-31-20/h8-11,13,18-19H,4-7,12,14H2,1-3H3,(H,25,29)(H,27,28). The van der Waals surface area contributed by atoms with Gasteiger partial charge in [0, 0.05) is 11.8 Å². The van der Waals surface area contributed by atoms with Crippen molar-refractivity contribution in [1.29, 1.82) is 0 Å². The second-order valence-electron chi connectivity index (χ2n) is 8.04. The molecule has 2 aromatic rings. The van der Waals surface area contributed by atoms with Crippen LogP contribution < -0.4 is 20.3 Å². The van der Waals surface area contributed by atoms with Gasteiger partial charge in [0.2, 0.25) is 12.7 Å². The first-order valence-electron chi connectivity index (χ1n) is 11.0. The Morgan fingerprint density at radius 3 is 2.62 bits per heavy atom. The van der Waals surface area contributed by atoms with Crippen LogP contribution in [0.1, 0.15) is 68.3 Å². The van der Waals surface area contributed by atoms with Gasteiger partial charge in [-0.05, 0) is 49.1 Å². The molecule has 1 aliphatic heterocycles. The Morgan fingerprint density at radius 2 is 1.94 bits per heavy atom. The van der Waals surface area contributed by atoms with Crippen LogP contribution in [0.3, 0.4) is 0 Å². The van der Waals surface area contributed by atoms with Crippen molar-refractivity contribution < 1.29 is 24.2 Å². The number of carboxylic acids is 1. The number of hydrogen-bond donors (Lipinski definition) is 2. The highest BCUT2D eigenvalue weighted by Crippen LogP contribution is 2.35. The van der Waals surface area contributed by atoms with E-state index in [2.05, 4.69) is 5.32 Å². The molecule has 32 heavy (non-hydrogen) atoms. The molecule has 0 fully saturated rings. The maximum Gasteiger partial charge on any atom is 0.305 e. The first-order valence-corrected chi connectivity index (χ1v) is 11.0. The monoisotopic (exact) mass is 442 g/mol. The molecule has 0 bridgehead atoms. The number of aryl methyl sites for hydroxylation is 2. The van der Waals surface area contributed by atoms with E-state index in [1.807, 2.05) is 26.8 Å². The largest absolute Gasteiger partial charge is 0.481 e. The van der Waals surface area contributed by atoms with Gasteiger partial charge in [-0.3, -0.25) is 14.4 Å². The van der Waals surface area contributed by atoms with Crippen LogP contribution in [0.2, 0.25) is 0 Å². The first kappa shape index (κ1) is 23.4. The number of unbranched alkanes of at least 4 members (excludes halogenated alkanes) is 1. The Bertz CT molecular complexity index is 1050. The number of nitrogens with one attached hydrogen (secondary N) is 1. The fourth-order valence-electron chi connectivity index (χ4n) is 3.92. The summed E-state index contributed by atoms with van der Waals surface area (Å²) in [7, 11) is 0. The van der Waals surface area contributed by atoms with Gasteiger partial charge >= 0.3 is 5.97 Å². The highest BCUT2D eigenvalue weighted by molar-refractivity contribution is 5.81. The molecule has 172 valence electrons. The molecule has 0 saturated carbocycles. The molecule has 1 aliphatic rings. The summed E-state index contributed by atoms with van der Waals surface area (Å²) in [6.07, 6.45) is 4.08. The van der Waals surface area contributed by atoms with Crippen LogP contribution >= 0.6 is 0 Å². The number of hydrogen-bond acceptors (Lipinski definition) is 5. The van der Waals surface area contributed by atoms with Crippen molar-refractivity contribution in [3.05, 3.63) is 57.5 Å². The molecular weight excluding hydrogens is 412 g/mol. The van der Waals surface area contributed by atoms with Crippen LogP contribution in [0.4, 0.5) is 0 Å². The van der Waals surface area contributed by atoms with E-state index in [-0.39, 0.29) is 24.7 Å². The molecule has 8 heteroatoms. The van der Waals surface area contributed by atoms with E-state index in [1.54, 1.807) is 24.4 Å². The number of ether oxygens (including phenoxy) is 2. The summed E-state index contributed by atoms with van der Waals surface area (Å²) >= 11 is 0. The Balaban J connectivity index is 1.93. The number of rotatable bonds is 10. The topological polar surface area (TPSA) is 107 Å². The van der Waals surface area contributed by atoms with E-state index in [1.165, 1.54) is 4.57 Å².